The third-order valence-electron chi connectivity index (χ3n) is 2.45. The fraction of sp³-hybridized carbons (Fsp3) is 0.455. The smallest absolute Gasteiger partial charge is 0.230 e. The number of amides is 1. The predicted molar refractivity (Wildman–Crippen MR) is 62.6 cm³/mol. The summed E-state index contributed by atoms with van der Waals surface area (Å²) in [4.78, 5) is 11.7. The van der Waals surface area contributed by atoms with Crippen LogP contribution in [-0.4, -0.2) is 23.5 Å². The average molecular weight is 239 g/mol. The number of rotatable bonds is 6. The lowest BCUT2D eigenvalue weighted by atomic mass is 10.0. The molecule has 0 fully saturated rings. The maximum atomic E-state index is 11.7. The molecule has 0 aliphatic carbocycles. The number of hydrogen-bond donors (Lipinski definition) is 3. The van der Waals surface area contributed by atoms with Crippen molar-refractivity contribution in [1.82, 2.24) is 5.32 Å². The second-order valence-corrected chi connectivity index (χ2v) is 3.61. The van der Waals surface area contributed by atoms with Gasteiger partial charge in [0.1, 0.15) is 5.76 Å². The number of amidine groups is 1. The van der Waals surface area contributed by atoms with Crippen LogP contribution in [0.2, 0.25) is 0 Å². The summed E-state index contributed by atoms with van der Waals surface area (Å²) in [5, 5.41) is 14.1. The minimum absolute atomic E-state index is 0.0667. The van der Waals surface area contributed by atoms with Crippen LogP contribution in [-0.2, 0) is 11.2 Å². The van der Waals surface area contributed by atoms with Crippen LogP contribution in [0.25, 0.3) is 0 Å². The SMILES string of the molecule is CCC(C(=O)NCCc1ccco1)C(N)=NO. The molecular formula is C11H17N3O3. The van der Waals surface area contributed by atoms with E-state index in [2.05, 4.69) is 10.5 Å². The van der Waals surface area contributed by atoms with E-state index >= 15 is 0 Å². The molecule has 1 heterocycles. The molecule has 0 saturated heterocycles. The molecule has 1 amide bonds. The monoisotopic (exact) mass is 239 g/mol. The molecule has 1 rings (SSSR count). The Morgan fingerprint density at radius 2 is 2.47 bits per heavy atom. The molecule has 94 valence electrons. The number of oxime groups is 1. The third kappa shape index (κ3) is 3.82. The van der Waals surface area contributed by atoms with Crippen LogP contribution < -0.4 is 11.1 Å². The van der Waals surface area contributed by atoms with E-state index in [0.717, 1.165) is 5.76 Å². The molecule has 6 nitrogen and oxygen atoms in total. The van der Waals surface area contributed by atoms with Crippen molar-refractivity contribution in [1.29, 1.82) is 0 Å². The summed E-state index contributed by atoms with van der Waals surface area (Å²) in [6.45, 7) is 2.26. The number of nitrogens with two attached hydrogens (primary N) is 1. The molecular weight excluding hydrogens is 222 g/mol. The summed E-state index contributed by atoms with van der Waals surface area (Å²) in [6, 6.07) is 3.63. The van der Waals surface area contributed by atoms with Crippen molar-refractivity contribution in [2.75, 3.05) is 6.54 Å². The first-order valence-electron chi connectivity index (χ1n) is 5.46. The number of furan rings is 1. The summed E-state index contributed by atoms with van der Waals surface area (Å²) in [6.07, 6.45) is 2.69. The molecule has 0 saturated carbocycles. The number of carbonyl (C=O) groups is 1. The van der Waals surface area contributed by atoms with Gasteiger partial charge in [0.2, 0.25) is 5.91 Å². The molecule has 0 radical (unpaired) electrons. The lowest BCUT2D eigenvalue weighted by Gasteiger charge is -2.12. The highest BCUT2D eigenvalue weighted by Gasteiger charge is 2.20. The molecule has 0 bridgehead atoms. The zero-order valence-electron chi connectivity index (χ0n) is 9.72. The quantitative estimate of drug-likeness (QED) is 0.294. The van der Waals surface area contributed by atoms with Gasteiger partial charge in [-0.25, -0.2) is 0 Å². The Bertz CT molecular complexity index is 373. The van der Waals surface area contributed by atoms with E-state index in [1.165, 1.54) is 0 Å². The van der Waals surface area contributed by atoms with Gasteiger partial charge < -0.3 is 20.7 Å². The molecule has 0 aliphatic heterocycles. The van der Waals surface area contributed by atoms with Gasteiger partial charge in [0, 0.05) is 13.0 Å². The van der Waals surface area contributed by atoms with Gasteiger partial charge in [-0.2, -0.15) is 0 Å². The van der Waals surface area contributed by atoms with Gasteiger partial charge in [-0.1, -0.05) is 12.1 Å². The number of carbonyl (C=O) groups excluding carboxylic acids is 1. The zero-order chi connectivity index (χ0) is 12.7. The molecule has 1 atom stereocenters. The maximum absolute atomic E-state index is 11.7. The Hall–Kier alpha value is -1.98. The van der Waals surface area contributed by atoms with Crippen molar-refractivity contribution >= 4 is 11.7 Å². The summed E-state index contributed by atoms with van der Waals surface area (Å²) in [7, 11) is 0. The van der Waals surface area contributed by atoms with E-state index in [1.54, 1.807) is 19.3 Å². The second kappa shape index (κ2) is 6.57. The highest BCUT2D eigenvalue weighted by Crippen LogP contribution is 2.03. The fourth-order valence-electron chi connectivity index (χ4n) is 1.49. The van der Waals surface area contributed by atoms with E-state index in [1.807, 2.05) is 6.07 Å². The molecule has 4 N–H and O–H groups in total. The average Bonchev–Trinajstić information content (AvgIpc) is 2.82. The lowest BCUT2D eigenvalue weighted by molar-refractivity contribution is -0.123. The lowest BCUT2D eigenvalue weighted by Crippen LogP contribution is -2.39. The van der Waals surface area contributed by atoms with Gasteiger partial charge in [-0.15, -0.1) is 0 Å². The van der Waals surface area contributed by atoms with Gasteiger partial charge in [0.05, 0.1) is 12.2 Å². The van der Waals surface area contributed by atoms with Crippen LogP contribution in [0.1, 0.15) is 19.1 Å². The van der Waals surface area contributed by atoms with Gasteiger partial charge in [0.25, 0.3) is 0 Å². The highest BCUT2D eigenvalue weighted by molar-refractivity contribution is 6.01. The van der Waals surface area contributed by atoms with Crippen LogP contribution in [0.3, 0.4) is 0 Å². The molecule has 0 aromatic carbocycles. The molecule has 0 spiro atoms. The van der Waals surface area contributed by atoms with Crippen molar-refractivity contribution in [3.05, 3.63) is 24.2 Å². The fourth-order valence-corrected chi connectivity index (χ4v) is 1.49. The summed E-state index contributed by atoms with van der Waals surface area (Å²) < 4.78 is 5.13. The molecule has 6 heteroatoms. The van der Waals surface area contributed by atoms with Crippen molar-refractivity contribution in [2.45, 2.75) is 19.8 Å². The highest BCUT2D eigenvalue weighted by atomic mass is 16.4. The normalized spacial score (nSPS) is 13.4. The first-order chi connectivity index (χ1) is 8.19. The van der Waals surface area contributed by atoms with Crippen molar-refractivity contribution in [2.24, 2.45) is 16.8 Å². The van der Waals surface area contributed by atoms with E-state index < -0.39 is 5.92 Å². The summed E-state index contributed by atoms with van der Waals surface area (Å²) >= 11 is 0. The standard InChI is InChI=1S/C11H17N3O3/c1-2-9(10(12)14-16)11(15)13-6-5-8-4-3-7-17-8/h3-4,7,9,16H,2,5-6H2,1H3,(H2,12,14)(H,13,15). The van der Waals surface area contributed by atoms with Crippen LogP contribution in [0.4, 0.5) is 0 Å². The first kappa shape index (κ1) is 13.1. The predicted octanol–water partition coefficient (Wildman–Crippen LogP) is 0.711. The Kier molecular flexibility index (Phi) is 5.06. The number of nitrogens with one attached hydrogen (secondary N) is 1. The number of hydrogen-bond acceptors (Lipinski definition) is 4. The van der Waals surface area contributed by atoms with Gasteiger partial charge in [-0.3, -0.25) is 4.79 Å². The minimum Gasteiger partial charge on any atom is -0.469 e. The Morgan fingerprint density at radius 3 is 3.00 bits per heavy atom. The zero-order valence-corrected chi connectivity index (χ0v) is 9.72. The molecule has 0 aliphatic rings. The van der Waals surface area contributed by atoms with Crippen LogP contribution >= 0.6 is 0 Å². The molecule has 1 aromatic heterocycles. The van der Waals surface area contributed by atoms with E-state index in [4.69, 9.17) is 15.4 Å². The van der Waals surface area contributed by atoms with Gasteiger partial charge in [-0.05, 0) is 18.6 Å². The van der Waals surface area contributed by atoms with Crippen LogP contribution in [0, 0.1) is 5.92 Å². The van der Waals surface area contributed by atoms with E-state index in [9.17, 15) is 4.79 Å². The van der Waals surface area contributed by atoms with Gasteiger partial charge >= 0.3 is 0 Å². The summed E-state index contributed by atoms with van der Waals surface area (Å²) in [5.74, 6) is -0.0869. The largest absolute Gasteiger partial charge is 0.469 e. The van der Waals surface area contributed by atoms with E-state index in [0.29, 0.717) is 19.4 Å². The van der Waals surface area contributed by atoms with Crippen molar-refractivity contribution in [3.8, 4) is 0 Å². The van der Waals surface area contributed by atoms with Crippen molar-refractivity contribution in [3.63, 3.8) is 0 Å². The summed E-state index contributed by atoms with van der Waals surface area (Å²) in [5.41, 5.74) is 5.42. The molecule has 1 unspecified atom stereocenters. The Balaban J connectivity index is 2.38. The Labute approximate surface area is 99.5 Å². The minimum atomic E-state index is -0.586. The second-order valence-electron chi connectivity index (χ2n) is 3.61. The third-order valence-corrected chi connectivity index (χ3v) is 2.45. The van der Waals surface area contributed by atoms with Crippen LogP contribution in [0.15, 0.2) is 28.0 Å². The first-order valence-corrected chi connectivity index (χ1v) is 5.46. The molecule has 1 aromatic rings. The number of nitrogens with zero attached hydrogens (tertiary/aromatic N) is 1. The molecule has 17 heavy (non-hydrogen) atoms. The van der Waals surface area contributed by atoms with Crippen molar-refractivity contribution < 1.29 is 14.4 Å². The van der Waals surface area contributed by atoms with E-state index in [-0.39, 0.29) is 11.7 Å². The topological polar surface area (TPSA) is 101 Å². The van der Waals surface area contributed by atoms with Crippen LogP contribution in [0.5, 0.6) is 0 Å². The van der Waals surface area contributed by atoms with Gasteiger partial charge in [0.15, 0.2) is 5.84 Å². The Morgan fingerprint density at radius 1 is 1.71 bits per heavy atom. The maximum Gasteiger partial charge on any atom is 0.230 e.